The van der Waals surface area contributed by atoms with Crippen molar-refractivity contribution >= 4 is 77.0 Å². The molecule has 3 heteroatoms. The van der Waals surface area contributed by atoms with E-state index in [0.717, 1.165) is 22.7 Å². The van der Waals surface area contributed by atoms with Gasteiger partial charge in [0.2, 0.25) is 0 Å². The van der Waals surface area contributed by atoms with Gasteiger partial charge < -0.3 is 13.9 Å². The van der Waals surface area contributed by atoms with Crippen LogP contribution in [0.25, 0.3) is 76.7 Å². The van der Waals surface area contributed by atoms with Crippen LogP contribution >= 0.6 is 0 Å². The second-order valence-electron chi connectivity index (χ2n) is 13.3. The molecule has 0 radical (unpaired) electrons. The Morgan fingerprint density at radius 3 is 1.65 bits per heavy atom. The standard InChI is InChI=1S/C48H31N3/c1-3-14-32(15-4-1)33-28-30-35(31-29-33)50(44-26-13-25-43-46(44)40-19-8-10-24-42(40)49(43)34-16-5-2-6-17-34)45-27-12-22-39-38-21-11-20-37-36-18-7-9-23-41(36)51(47(37)38)48(39)45/h1-31H. The number of hydrogen-bond donors (Lipinski definition) is 0. The lowest BCUT2D eigenvalue weighted by atomic mass is 10.0. The highest BCUT2D eigenvalue weighted by molar-refractivity contribution is 6.26. The fourth-order valence-electron chi connectivity index (χ4n) is 8.52. The molecule has 0 N–H and O–H groups in total. The van der Waals surface area contributed by atoms with Crippen molar-refractivity contribution in [2.45, 2.75) is 0 Å². The number of anilines is 3. The molecule has 0 aliphatic rings. The number of hydrogen-bond acceptors (Lipinski definition) is 1. The van der Waals surface area contributed by atoms with E-state index >= 15 is 0 Å². The molecular weight excluding hydrogens is 619 g/mol. The Bertz CT molecular complexity index is 3060. The van der Waals surface area contributed by atoms with Crippen molar-refractivity contribution in [3.05, 3.63) is 188 Å². The molecule has 11 rings (SSSR count). The first-order valence-corrected chi connectivity index (χ1v) is 17.5. The number of fused-ring (bicyclic) bond motifs is 9. The summed E-state index contributed by atoms with van der Waals surface area (Å²) in [5.74, 6) is 0. The van der Waals surface area contributed by atoms with Gasteiger partial charge in [-0.25, -0.2) is 0 Å². The van der Waals surface area contributed by atoms with E-state index < -0.39 is 0 Å². The summed E-state index contributed by atoms with van der Waals surface area (Å²) in [5, 5.41) is 7.54. The maximum atomic E-state index is 2.50. The fraction of sp³-hybridized carbons (Fsp3) is 0. The average molecular weight is 650 g/mol. The third-order valence-corrected chi connectivity index (χ3v) is 10.6. The summed E-state index contributed by atoms with van der Waals surface area (Å²) in [6, 6.07) is 68.4. The van der Waals surface area contributed by atoms with E-state index in [9.17, 15) is 0 Å². The van der Waals surface area contributed by atoms with Crippen molar-refractivity contribution in [3.8, 4) is 16.8 Å². The van der Waals surface area contributed by atoms with E-state index in [2.05, 4.69) is 202 Å². The van der Waals surface area contributed by atoms with Crippen molar-refractivity contribution in [3.63, 3.8) is 0 Å². The monoisotopic (exact) mass is 649 g/mol. The number of nitrogens with zero attached hydrogens (tertiary/aromatic N) is 3. The van der Waals surface area contributed by atoms with Crippen LogP contribution in [0.5, 0.6) is 0 Å². The van der Waals surface area contributed by atoms with Crippen molar-refractivity contribution in [2.24, 2.45) is 0 Å². The lowest BCUT2D eigenvalue weighted by Crippen LogP contribution is -2.11. The molecule has 0 atom stereocenters. The van der Waals surface area contributed by atoms with E-state index in [1.54, 1.807) is 0 Å². The van der Waals surface area contributed by atoms with Crippen molar-refractivity contribution in [2.75, 3.05) is 4.90 Å². The number of benzene rings is 8. The Hall–Kier alpha value is -6.84. The summed E-state index contributed by atoms with van der Waals surface area (Å²) >= 11 is 0. The predicted octanol–water partition coefficient (Wildman–Crippen LogP) is 13.1. The molecule has 3 nitrogen and oxygen atoms in total. The first kappa shape index (κ1) is 28.0. The Labute approximate surface area is 294 Å². The fourth-order valence-corrected chi connectivity index (χ4v) is 8.52. The Balaban J connectivity index is 1.27. The molecule has 51 heavy (non-hydrogen) atoms. The SMILES string of the molecule is c1ccc(-c2ccc(N(c3cccc4c3c3ccccc3n4-c3ccccc3)c3cccc4c5cccc6c7ccccc7n(c34)c65)cc2)cc1. The van der Waals surface area contributed by atoms with Gasteiger partial charge in [0.05, 0.1) is 39.0 Å². The van der Waals surface area contributed by atoms with Crippen molar-refractivity contribution in [1.82, 2.24) is 8.97 Å². The van der Waals surface area contributed by atoms with E-state index in [1.807, 2.05) is 0 Å². The van der Waals surface area contributed by atoms with Gasteiger partial charge in [0.15, 0.2) is 0 Å². The van der Waals surface area contributed by atoms with Gasteiger partial charge in [-0.2, -0.15) is 0 Å². The lowest BCUT2D eigenvalue weighted by Gasteiger charge is -2.27. The predicted molar refractivity (Wildman–Crippen MR) is 216 cm³/mol. The maximum absolute atomic E-state index is 2.50. The van der Waals surface area contributed by atoms with Gasteiger partial charge in [-0.1, -0.05) is 133 Å². The van der Waals surface area contributed by atoms with Crippen LogP contribution in [0, 0.1) is 0 Å². The highest BCUT2D eigenvalue weighted by Crippen LogP contribution is 2.48. The average Bonchev–Trinajstić information content (AvgIpc) is 3.85. The highest BCUT2D eigenvalue weighted by atomic mass is 15.2. The molecule has 0 saturated heterocycles. The normalized spacial score (nSPS) is 11.9. The molecule has 0 amide bonds. The minimum atomic E-state index is 1.11. The van der Waals surface area contributed by atoms with E-state index in [4.69, 9.17) is 0 Å². The molecule has 0 spiro atoms. The summed E-state index contributed by atoms with van der Waals surface area (Å²) in [6.07, 6.45) is 0. The first-order valence-electron chi connectivity index (χ1n) is 17.5. The van der Waals surface area contributed by atoms with Crippen LogP contribution in [0.3, 0.4) is 0 Å². The van der Waals surface area contributed by atoms with Crippen LogP contribution in [0.4, 0.5) is 17.1 Å². The molecule has 0 aliphatic heterocycles. The molecule has 3 aromatic heterocycles. The van der Waals surface area contributed by atoms with Crippen LogP contribution < -0.4 is 4.90 Å². The summed E-state index contributed by atoms with van der Waals surface area (Å²) in [5.41, 5.74) is 13.0. The Morgan fingerprint density at radius 2 is 0.863 bits per heavy atom. The topological polar surface area (TPSA) is 12.6 Å². The van der Waals surface area contributed by atoms with Gasteiger partial charge in [0.25, 0.3) is 0 Å². The molecule has 0 bridgehead atoms. The molecule has 3 heterocycles. The van der Waals surface area contributed by atoms with Gasteiger partial charge in [-0.05, 0) is 65.7 Å². The molecule has 0 fully saturated rings. The third-order valence-electron chi connectivity index (χ3n) is 10.6. The summed E-state index contributed by atoms with van der Waals surface area (Å²) < 4.78 is 4.91. The van der Waals surface area contributed by atoms with Crippen LogP contribution in [-0.2, 0) is 0 Å². The summed E-state index contributed by atoms with van der Waals surface area (Å²) in [4.78, 5) is 2.49. The van der Waals surface area contributed by atoms with E-state index in [1.165, 1.54) is 71.0 Å². The minimum absolute atomic E-state index is 1.11. The van der Waals surface area contributed by atoms with Crippen molar-refractivity contribution < 1.29 is 0 Å². The van der Waals surface area contributed by atoms with Gasteiger partial charge >= 0.3 is 0 Å². The van der Waals surface area contributed by atoms with Crippen LogP contribution in [0.15, 0.2) is 188 Å². The summed E-state index contributed by atoms with van der Waals surface area (Å²) in [7, 11) is 0. The molecule has 0 saturated carbocycles. The highest BCUT2D eigenvalue weighted by Gasteiger charge is 2.25. The lowest BCUT2D eigenvalue weighted by molar-refractivity contribution is 1.18. The van der Waals surface area contributed by atoms with Gasteiger partial charge in [0.1, 0.15) is 0 Å². The molecular formula is C48H31N3. The molecule has 11 aromatic rings. The van der Waals surface area contributed by atoms with E-state index in [-0.39, 0.29) is 0 Å². The Kier molecular flexibility index (Phi) is 5.96. The smallest absolute Gasteiger partial charge is 0.0782 e. The van der Waals surface area contributed by atoms with Gasteiger partial charge in [-0.15, -0.1) is 0 Å². The maximum Gasteiger partial charge on any atom is 0.0782 e. The minimum Gasteiger partial charge on any atom is -0.309 e. The van der Waals surface area contributed by atoms with Gasteiger partial charge in [0, 0.05) is 43.7 Å². The Morgan fingerprint density at radius 1 is 0.333 bits per heavy atom. The molecule has 8 aromatic carbocycles. The zero-order chi connectivity index (χ0) is 33.5. The number of aromatic nitrogens is 2. The molecule has 0 unspecified atom stereocenters. The first-order chi connectivity index (χ1) is 25.3. The number of rotatable bonds is 5. The number of para-hydroxylation sites is 5. The largest absolute Gasteiger partial charge is 0.309 e. The zero-order valence-electron chi connectivity index (χ0n) is 27.7. The van der Waals surface area contributed by atoms with Crippen LogP contribution in [0.2, 0.25) is 0 Å². The van der Waals surface area contributed by atoms with Crippen LogP contribution in [0.1, 0.15) is 0 Å². The summed E-state index contributed by atoms with van der Waals surface area (Å²) in [6.45, 7) is 0. The van der Waals surface area contributed by atoms with Crippen LogP contribution in [-0.4, -0.2) is 8.97 Å². The second kappa shape index (κ2) is 10.8. The van der Waals surface area contributed by atoms with Gasteiger partial charge in [-0.3, -0.25) is 0 Å². The second-order valence-corrected chi connectivity index (χ2v) is 13.3. The molecule has 238 valence electrons. The van der Waals surface area contributed by atoms with Crippen molar-refractivity contribution in [1.29, 1.82) is 0 Å². The third kappa shape index (κ3) is 4.00. The molecule has 0 aliphatic carbocycles. The zero-order valence-corrected chi connectivity index (χ0v) is 27.7. The van der Waals surface area contributed by atoms with E-state index in [0.29, 0.717) is 0 Å². The quantitative estimate of drug-likeness (QED) is 0.181.